The van der Waals surface area contributed by atoms with Crippen molar-refractivity contribution in [2.24, 2.45) is 0 Å². The van der Waals surface area contributed by atoms with E-state index in [1.807, 2.05) is 0 Å². The van der Waals surface area contributed by atoms with Crippen LogP contribution in [0.15, 0.2) is 28.7 Å². The van der Waals surface area contributed by atoms with E-state index in [4.69, 9.17) is 0 Å². The van der Waals surface area contributed by atoms with Crippen molar-refractivity contribution < 1.29 is 9.59 Å². The Labute approximate surface area is 83.4 Å². The van der Waals surface area contributed by atoms with Crippen molar-refractivity contribution >= 4 is 28.2 Å². The van der Waals surface area contributed by atoms with E-state index < -0.39 is 0 Å². The van der Waals surface area contributed by atoms with Crippen molar-refractivity contribution in [3.05, 3.63) is 34.3 Å². The van der Waals surface area contributed by atoms with Crippen molar-refractivity contribution in [2.75, 3.05) is 0 Å². The van der Waals surface area contributed by atoms with Gasteiger partial charge in [-0.05, 0) is 28.1 Å². The fourth-order valence-electron chi connectivity index (χ4n) is 0.808. The first-order valence-corrected chi connectivity index (χ1v) is 4.29. The molecule has 68 valence electrons. The fourth-order valence-corrected chi connectivity index (χ4v) is 1.27. The highest BCUT2D eigenvalue weighted by Crippen LogP contribution is 2.14. The third-order valence-corrected chi connectivity index (χ3v) is 2.05. The molecule has 0 spiro atoms. The number of hydrogen-bond acceptors (Lipinski definition) is 2. The van der Waals surface area contributed by atoms with Gasteiger partial charge in [-0.1, -0.05) is 12.1 Å². The van der Waals surface area contributed by atoms with E-state index in [-0.39, 0.29) is 5.91 Å². The number of amides is 2. The van der Waals surface area contributed by atoms with Gasteiger partial charge in [0.25, 0.3) is 5.91 Å². The first-order chi connectivity index (χ1) is 6.25. The van der Waals surface area contributed by atoms with Crippen LogP contribution in [-0.2, 0) is 4.79 Å². The fraction of sp³-hybridized carbons (Fsp3) is 0. The second-order valence-corrected chi connectivity index (χ2v) is 3.05. The maximum atomic E-state index is 11.3. The molecule has 0 saturated carbocycles. The van der Waals surface area contributed by atoms with E-state index in [0.717, 1.165) is 0 Å². The number of carbonyl (C=O) groups is 2. The molecule has 0 heterocycles. The lowest BCUT2D eigenvalue weighted by atomic mass is 10.2. The minimum absolute atomic E-state index is 0.362. The lowest BCUT2D eigenvalue weighted by Crippen LogP contribution is -2.36. The average molecular weight is 243 g/mol. The third kappa shape index (κ3) is 2.55. The molecule has 5 heteroatoms. The summed E-state index contributed by atoms with van der Waals surface area (Å²) in [4.78, 5) is 21.1. The first-order valence-electron chi connectivity index (χ1n) is 3.49. The van der Waals surface area contributed by atoms with Crippen LogP contribution in [0.4, 0.5) is 0 Å². The van der Waals surface area contributed by atoms with E-state index in [2.05, 4.69) is 26.8 Å². The predicted molar refractivity (Wildman–Crippen MR) is 50.8 cm³/mol. The van der Waals surface area contributed by atoms with E-state index in [0.29, 0.717) is 16.4 Å². The van der Waals surface area contributed by atoms with Gasteiger partial charge in [0.2, 0.25) is 6.41 Å². The normalized spacial score (nSPS) is 9.00. The Kier molecular flexibility index (Phi) is 3.45. The molecule has 0 fully saturated rings. The van der Waals surface area contributed by atoms with Crippen LogP contribution in [0.5, 0.6) is 0 Å². The lowest BCUT2D eigenvalue weighted by molar-refractivity contribution is -0.110. The standard InChI is InChI=1S/C8H7BrN2O2/c9-7-4-2-1-3-6(7)8(13)11-10-5-12/h1-5H,(H,10,12)(H,11,13). The van der Waals surface area contributed by atoms with E-state index >= 15 is 0 Å². The number of nitrogens with one attached hydrogen (secondary N) is 2. The largest absolute Gasteiger partial charge is 0.277 e. The molecule has 2 amide bonds. The van der Waals surface area contributed by atoms with Crippen molar-refractivity contribution in [1.29, 1.82) is 0 Å². The number of hydrogen-bond donors (Lipinski definition) is 2. The molecule has 0 saturated heterocycles. The summed E-state index contributed by atoms with van der Waals surface area (Å²) in [5.74, 6) is -0.362. The van der Waals surface area contributed by atoms with Crippen molar-refractivity contribution in [3.8, 4) is 0 Å². The summed E-state index contributed by atoms with van der Waals surface area (Å²) in [6.07, 6.45) is 0.398. The van der Waals surface area contributed by atoms with Gasteiger partial charge in [0.15, 0.2) is 0 Å². The number of halogens is 1. The molecule has 0 aliphatic heterocycles. The van der Waals surface area contributed by atoms with Crippen LogP contribution in [0, 0.1) is 0 Å². The van der Waals surface area contributed by atoms with Gasteiger partial charge < -0.3 is 0 Å². The van der Waals surface area contributed by atoms with Crippen LogP contribution in [0.25, 0.3) is 0 Å². The Hall–Kier alpha value is -1.36. The Balaban J connectivity index is 2.76. The highest BCUT2D eigenvalue weighted by Gasteiger charge is 2.07. The van der Waals surface area contributed by atoms with Gasteiger partial charge >= 0.3 is 0 Å². The highest BCUT2D eigenvalue weighted by molar-refractivity contribution is 9.10. The monoisotopic (exact) mass is 242 g/mol. The van der Waals surface area contributed by atoms with Crippen LogP contribution in [0.3, 0.4) is 0 Å². The molecule has 0 atom stereocenters. The Morgan fingerprint density at radius 2 is 2.08 bits per heavy atom. The van der Waals surface area contributed by atoms with Crippen LogP contribution in [-0.4, -0.2) is 12.3 Å². The smallest absolute Gasteiger partial charge is 0.270 e. The molecule has 1 rings (SSSR count). The Morgan fingerprint density at radius 3 is 2.69 bits per heavy atom. The predicted octanol–water partition coefficient (Wildman–Crippen LogP) is 0.840. The van der Waals surface area contributed by atoms with Crippen molar-refractivity contribution in [3.63, 3.8) is 0 Å². The molecule has 1 aromatic carbocycles. The maximum absolute atomic E-state index is 11.3. The molecule has 0 radical (unpaired) electrons. The third-order valence-electron chi connectivity index (χ3n) is 1.36. The Bertz CT molecular complexity index is 328. The molecule has 0 aromatic heterocycles. The summed E-state index contributed by atoms with van der Waals surface area (Å²) < 4.78 is 0.681. The number of hydrazine groups is 1. The summed E-state index contributed by atoms with van der Waals surface area (Å²) in [6, 6.07) is 6.93. The SMILES string of the molecule is O=CNNC(=O)c1ccccc1Br. The molecule has 0 aliphatic carbocycles. The van der Waals surface area contributed by atoms with Gasteiger partial charge in [-0.3, -0.25) is 20.4 Å². The van der Waals surface area contributed by atoms with Gasteiger partial charge in [-0.15, -0.1) is 0 Å². The summed E-state index contributed by atoms with van der Waals surface area (Å²) in [5.41, 5.74) is 4.74. The van der Waals surface area contributed by atoms with Crippen molar-refractivity contribution in [1.82, 2.24) is 10.9 Å². The molecular weight excluding hydrogens is 236 g/mol. The summed E-state index contributed by atoms with van der Waals surface area (Å²) >= 11 is 3.21. The second-order valence-electron chi connectivity index (χ2n) is 2.20. The van der Waals surface area contributed by atoms with Crippen molar-refractivity contribution in [2.45, 2.75) is 0 Å². The quantitative estimate of drug-likeness (QED) is 0.610. The van der Waals surface area contributed by atoms with E-state index in [1.54, 1.807) is 24.3 Å². The molecule has 4 nitrogen and oxygen atoms in total. The Morgan fingerprint density at radius 1 is 1.38 bits per heavy atom. The summed E-state index contributed by atoms with van der Waals surface area (Å²) in [7, 11) is 0. The van der Waals surface area contributed by atoms with Gasteiger partial charge in [-0.25, -0.2) is 0 Å². The highest BCUT2D eigenvalue weighted by atomic mass is 79.9. The molecular formula is C8H7BrN2O2. The van der Waals surface area contributed by atoms with Crippen LogP contribution >= 0.6 is 15.9 Å². The zero-order chi connectivity index (χ0) is 9.68. The molecule has 0 unspecified atom stereocenters. The zero-order valence-corrected chi connectivity index (χ0v) is 8.17. The number of rotatable bonds is 3. The van der Waals surface area contributed by atoms with Gasteiger partial charge in [0.1, 0.15) is 0 Å². The molecule has 0 aliphatic rings. The van der Waals surface area contributed by atoms with E-state index in [9.17, 15) is 9.59 Å². The minimum atomic E-state index is -0.362. The molecule has 0 bridgehead atoms. The second kappa shape index (κ2) is 4.61. The maximum Gasteiger partial charge on any atom is 0.270 e. The zero-order valence-electron chi connectivity index (χ0n) is 6.58. The molecule has 1 aromatic rings. The summed E-state index contributed by atoms with van der Waals surface area (Å²) in [6.45, 7) is 0. The minimum Gasteiger partial charge on any atom is -0.277 e. The van der Waals surface area contributed by atoms with Gasteiger partial charge in [0, 0.05) is 4.47 Å². The van der Waals surface area contributed by atoms with Crippen LogP contribution in [0.1, 0.15) is 10.4 Å². The number of benzene rings is 1. The van der Waals surface area contributed by atoms with Gasteiger partial charge in [-0.2, -0.15) is 0 Å². The lowest BCUT2D eigenvalue weighted by Gasteiger charge is -2.03. The summed E-state index contributed by atoms with van der Waals surface area (Å²) in [5, 5.41) is 0. The molecule has 2 N–H and O–H groups in total. The van der Waals surface area contributed by atoms with Gasteiger partial charge in [0.05, 0.1) is 5.56 Å². The average Bonchev–Trinajstić information content (AvgIpc) is 2.15. The van der Waals surface area contributed by atoms with Crippen LogP contribution in [0.2, 0.25) is 0 Å². The topological polar surface area (TPSA) is 58.2 Å². The molecule has 13 heavy (non-hydrogen) atoms. The number of carbonyl (C=O) groups excluding carboxylic acids is 2. The first kappa shape index (κ1) is 9.73. The van der Waals surface area contributed by atoms with Crippen LogP contribution < -0.4 is 10.9 Å². The van der Waals surface area contributed by atoms with E-state index in [1.165, 1.54) is 0 Å².